The number of ether oxygens (including phenoxy) is 1. The Bertz CT molecular complexity index is 738. The van der Waals surface area contributed by atoms with Crippen LogP contribution in [0.1, 0.15) is 24.5 Å². The predicted molar refractivity (Wildman–Crippen MR) is 89.7 cm³/mol. The molecule has 1 aromatic rings. The minimum atomic E-state index is -0.289. The second-order valence-corrected chi connectivity index (χ2v) is 6.16. The van der Waals surface area contributed by atoms with E-state index in [1.165, 1.54) is 16.7 Å². The third kappa shape index (κ3) is 2.30. The van der Waals surface area contributed by atoms with Gasteiger partial charge in [-0.25, -0.2) is 5.43 Å². The molecule has 3 aliphatic heterocycles. The van der Waals surface area contributed by atoms with Crippen molar-refractivity contribution < 1.29 is 9.53 Å². The molecule has 1 atom stereocenters. The normalized spacial score (nSPS) is 23.1. The fraction of sp³-hybridized carbons (Fsp3) is 0.412. The highest BCUT2D eigenvalue weighted by atomic mass is 16.5. The highest BCUT2D eigenvalue weighted by molar-refractivity contribution is 6.09. The summed E-state index contributed by atoms with van der Waals surface area (Å²) in [6.45, 7) is 6.27. The molecule has 0 saturated heterocycles. The molecule has 0 aromatic heterocycles. The molecule has 0 aliphatic carbocycles. The molecule has 1 unspecified atom stereocenters. The van der Waals surface area contributed by atoms with E-state index in [4.69, 9.17) is 4.74 Å². The van der Waals surface area contributed by atoms with Crippen molar-refractivity contribution in [2.45, 2.75) is 26.3 Å². The number of hydrogen-bond donors (Lipinski definition) is 2. The summed E-state index contributed by atoms with van der Waals surface area (Å²) >= 11 is 0. The molecule has 120 valence electrons. The van der Waals surface area contributed by atoms with Crippen molar-refractivity contribution in [1.82, 2.24) is 10.7 Å². The van der Waals surface area contributed by atoms with Gasteiger partial charge in [-0.15, -0.1) is 0 Å². The standard InChI is InChI=1S/C17H20N4O2/c1-10-7-15-14(8-13(10)12-3-5-18-6-4-12)21-11(2)17(22)20-19-16(21)9-23-15/h3,7-8,11,18H,4-6,9H2,1-2H3,(H,20,22). The van der Waals surface area contributed by atoms with Crippen molar-refractivity contribution in [3.63, 3.8) is 0 Å². The van der Waals surface area contributed by atoms with Crippen LogP contribution in [-0.2, 0) is 4.79 Å². The van der Waals surface area contributed by atoms with Crippen LogP contribution in [0.25, 0.3) is 5.57 Å². The minimum absolute atomic E-state index is 0.0928. The third-order valence-corrected chi connectivity index (χ3v) is 4.67. The van der Waals surface area contributed by atoms with Gasteiger partial charge in [0.25, 0.3) is 5.91 Å². The minimum Gasteiger partial charge on any atom is -0.483 e. The molecule has 3 heterocycles. The van der Waals surface area contributed by atoms with Crippen LogP contribution in [-0.4, -0.2) is 37.5 Å². The number of benzene rings is 1. The molecule has 0 fully saturated rings. The predicted octanol–water partition coefficient (Wildman–Crippen LogP) is 1.40. The smallest absolute Gasteiger partial charge is 0.262 e. The van der Waals surface area contributed by atoms with Gasteiger partial charge in [0.1, 0.15) is 18.4 Å². The summed E-state index contributed by atoms with van der Waals surface area (Å²) in [5.74, 6) is 1.48. The Kier molecular flexibility index (Phi) is 3.34. The number of aryl methyl sites for hydroxylation is 1. The van der Waals surface area contributed by atoms with E-state index in [0.29, 0.717) is 6.61 Å². The lowest BCUT2D eigenvalue weighted by Crippen LogP contribution is -2.55. The van der Waals surface area contributed by atoms with Crippen LogP contribution in [0, 0.1) is 6.92 Å². The first-order valence-corrected chi connectivity index (χ1v) is 7.98. The summed E-state index contributed by atoms with van der Waals surface area (Å²) in [4.78, 5) is 14.0. The molecule has 0 saturated carbocycles. The Morgan fingerprint density at radius 1 is 1.39 bits per heavy atom. The van der Waals surface area contributed by atoms with Gasteiger partial charge in [-0.05, 0) is 55.6 Å². The first-order chi connectivity index (χ1) is 11.1. The van der Waals surface area contributed by atoms with Crippen molar-refractivity contribution >= 4 is 23.0 Å². The van der Waals surface area contributed by atoms with Crippen LogP contribution in [0.3, 0.4) is 0 Å². The summed E-state index contributed by atoms with van der Waals surface area (Å²) in [6, 6.07) is 3.93. The van der Waals surface area contributed by atoms with E-state index < -0.39 is 0 Å². The van der Waals surface area contributed by atoms with Gasteiger partial charge in [-0.1, -0.05) is 6.08 Å². The number of carbonyl (C=O) groups excluding carboxylic acids is 1. The average molecular weight is 312 g/mol. The molecule has 3 aliphatic rings. The maximum atomic E-state index is 12.0. The second kappa shape index (κ2) is 5.38. The van der Waals surface area contributed by atoms with Crippen LogP contribution in [0.5, 0.6) is 5.75 Å². The molecular formula is C17H20N4O2. The molecule has 0 bridgehead atoms. The molecule has 1 amide bonds. The monoisotopic (exact) mass is 312 g/mol. The second-order valence-electron chi connectivity index (χ2n) is 6.16. The zero-order valence-corrected chi connectivity index (χ0v) is 13.3. The topological polar surface area (TPSA) is 66.0 Å². The van der Waals surface area contributed by atoms with Gasteiger partial charge in [-0.3, -0.25) is 4.79 Å². The van der Waals surface area contributed by atoms with Crippen molar-refractivity contribution in [2.24, 2.45) is 5.10 Å². The number of anilines is 1. The average Bonchev–Trinajstić information content (AvgIpc) is 2.58. The van der Waals surface area contributed by atoms with E-state index in [1.54, 1.807) is 0 Å². The number of rotatable bonds is 1. The molecule has 0 spiro atoms. The largest absolute Gasteiger partial charge is 0.483 e. The molecule has 2 N–H and O–H groups in total. The summed E-state index contributed by atoms with van der Waals surface area (Å²) in [5.41, 5.74) is 7.27. The van der Waals surface area contributed by atoms with E-state index >= 15 is 0 Å². The van der Waals surface area contributed by atoms with Crippen LogP contribution in [0.2, 0.25) is 0 Å². The van der Waals surface area contributed by atoms with Crippen LogP contribution < -0.4 is 20.4 Å². The number of fused-ring (bicyclic) bond motifs is 3. The van der Waals surface area contributed by atoms with Gasteiger partial charge in [0, 0.05) is 6.54 Å². The molecule has 6 nitrogen and oxygen atoms in total. The van der Waals surface area contributed by atoms with E-state index in [-0.39, 0.29) is 11.9 Å². The van der Waals surface area contributed by atoms with Gasteiger partial charge in [0.2, 0.25) is 0 Å². The number of hydrogen-bond acceptors (Lipinski definition) is 5. The van der Waals surface area contributed by atoms with Crippen LogP contribution in [0.15, 0.2) is 23.3 Å². The molecular weight excluding hydrogens is 292 g/mol. The fourth-order valence-corrected chi connectivity index (χ4v) is 3.39. The van der Waals surface area contributed by atoms with Crippen molar-refractivity contribution in [1.29, 1.82) is 0 Å². The van der Waals surface area contributed by atoms with Gasteiger partial charge in [0.05, 0.1) is 5.69 Å². The summed E-state index contributed by atoms with van der Waals surface area (Å²) in [6.07, 6.45) is 3.25. The SMILES string of the molecule is Cc1cc2c(cc1C1=CCNCC1)N1C(=NNC(=O)C1C)CO2. The maximum Gasteiger partial charge on any atom is 0.262 e. The quantitative estimate of drug-likeness (QED) is 0.823. The number of amides is 1. The Labute approximate surface area is 135 Å². The fourth-order valence-electron chi connectivity index (χ4n) is 3.39. The molecule has 23 heavy (non-hydrogen) atoms. The van der Waals surface area contributed by atoms with Crippen LogP contribution >= 0.6 is 0 Å². The number of nitrogens with one attached hydrogen (secondary N) is 2. The summed E-state index contributed by atoms with van der Waals surface area (Å²) in [7, 11) is 0. The first kappa shape index (κ1) is 14.3. The van der Waals surface area contributed by atoms with E-state index in [0.717, 1.165) is 36.8 Å². The first-order valence-electron chi connectivity index (χ1n) is 7.98. The van der Waals surface area contributed by atoms with Gasteiger partial charge in [0.15, 0.2) is 5.84 Å². The number of hydrazone groups is 1. The molecule has 0 radical (unpaired) electrons. The zero-order valence-electron chi connectivity index (χ0n) is 13.3. The zero-order chi connectivity index (χ0) is 16.0. The maximum absolute atomic E-state index is 12.0. The summed E-state index contributed by atoms with van der Waals surface area (Å²) in [5, 5.41) is 7.48. The molecule has 1 aromatic carbocycles. The lowest BCUT2D eigenvalue weighted by atomic mass is 9.94. The summed E-state index contributed by atoms with van der Waals surface area (Å²) < 4.78 is 5.84. The van der Waals surface area contributed by atoms with Crippen LogP contribution in [0.4, 0.5) is 5.69 Å². The number of nitrogens with zero attached hydrogens (tertiary/aromatic N) is 2. The van der Waals surface area contributed by atoms with E-state index in [2.05, 4.69) is 41.0 Å². The third-order valence-electron chi connectivity index (χ3n) is 4.67. The lowest BCUT2D eigenvalue weighted by molar-refractivity contribution is -0.122. The molecule has 6 heteroatoms. The van der Waals surface area contributed by atoms with Gasteiger partial charge >= 0.3 is 0 Å². The highest BCUT2D eigenvalue weighted by Gasteiger charge is 2.35. The van der Waals surface area contributed by atoms with Gasteiger partial charge in [-0.2, -0.15) is 5.10 Å². The Balaban J connectivity index is 1.83. The Morgan fingerprint density at radius 3 is 3.04 bits per heavy atom. The van der Waals surface area contributed by atoms with Crippen molar-refractivity contribution in [3.8, 4) is 5.75 Å². The Morgan fingerprint density at radius 2 is 2.26 bits per heavy atom. The van der Waals surface area contributed by atoms with Gasteiger partial charge < -0.3 is 15.0 Å². The van der Waals surface area contributed by atoms with E-state index in [1.807, 2.05) is 11.8 Å². The van der Waals surface area contributed by atoms with E-state index in [9.17, 15) is 4.79 Å². The number of carbonyl (C=O) groups is 1. The lowest BCUT2D eigenvalue weighted by Gasteiger charge is -2.38. The Hall–Kier alpha value is -2.34. The van der Waals surface area contributed by atoms with Crippen molar-refractivity contribution in [3.05, 3.63) is 29.3 Å². The highest BCUT2D eigenvalue weighted by Crippen LogP contribution is 2.39. The van der Waals surface area contributed by atoms with Crippen molar-refractivity contribution in [2.75, 3.05) is 24.6 Å². The number of amidine groups is 1. The molecule has 4 rings (SSSR count).